The third-order valence-corrected chi connectivity index (χ3v) is 5.04. The molecule has 0 aromatic carbocycles. The predicted molar refractivity (Wildman–Crippen MR) is 88.1 cm³/mol. The number of anilines is 1. The van der Waals surface area contributed by atoms with E-state index in [0.717, 1.165) is 28.0 Å². The van der Waals surface area contributed by atoms with Crippen LogP contribution in [0.25, 0.3) is 0 Å². The highest BCUT2D eigenvalue weighted by molar-refractivity contribution is 8.00. The molecule has 2 aromatic rings. The number of carbonyl (C=O) groups excluding carboxylic acids is 1. The lowest BCUT2D eigenvalue weighted by atomic mass is 10.3. The van der Waals surface area contributed by atoms with Gasteiger partial charge in [0.25, 0.3) is 0 Å². The van der Waals surface area contributed by atoms with E-state index in [1.54, 1.807) is 29.3 Å². The Kier molecular flexibility index (Phi) is 5.81. The van der Waals surface area contributed by atoms with Gasteiger partial charge in [-0.3, -0.25) is 4.79 Å². The number of thiazole rings is 1. The van der Waals surface area contributed by atoms with Crippen molar-refractivity contribution in [2.75, 3.05) is 11.1 Å². The number of aromatic nitrogens is 3. The van der Waals surface area contributed by atoms with Crippen LogP contribution in [0.15, 0.2) is 22.0 Å². The molecule has 2 rings (SSSR count). The lowest BCUT2D eigenvalue weighted by Gasteiger charge is -2.13. The summed E-state index contributed by atoms with van der Waals surface area (Å²) in [6.07, 6.45) is 2.97. The fourth-order valence-electron chi connectivity index (χ4n) is 1.85. The molecule has 1 N–H and O–H groups in total. The number of nitrogens with one attached hydrogen (secondary N) is 1. The molecule has 0 spiro atoms. The van der Waals surface area contributed by atoms with E-state index in [1.807, 2.05) is 16.1 Å². The van der Waals surface area contributed by atoms with Gasteiger partial charge in [0.15, 0.2) is 0 Å². The average Bonchev–Trinajstić information content (AvgIpc) is 3.08. The minimum absolute atomic E-state index is 0.0570. The minimum Gasteiger partial charge on any atom is -0.311 e. The summed E-state index contributed by atoms with van der Waals surface area (Å²) in [5.41, 5.74) is 0.822. The van der Waals surface area contributed by atoms with Crippen molar-refractivity contribution >= 4 is 34.8 Å². The predicted octanol–water partition coefficient (Wildman–Crippen LogP) is 3.60. The van der Waals surface area contributed by atoms with Crippen LogP contribution in [0.3, 0.4) is 0 Å². The van der Waals surface area contributed by atoms with E-state index >= 15 is 0 Å². The molecule has 2 aromatic heterocycles. The van der Waals surface area contributed by atoms with Gasteiger partial charge in [0, 0.05) is 11.4 Å². The highest BCUT2D eigenvalue weighted by atomic mass is 32.2. The maximum absolute atomic E-state index is 12.1. The fourth-order valence-corrected chi connectivity index (χ4v) is 3.59. The zero-order valence-electron chi connectivity index (χ0n) is 12.5. The molecule has 0 radical (unpaired) electrons. The van der Waals surface area contributed by atoms with Gasteiger partial charge < -0.3 is 5.32 Å². The number of rotatable bonds is 7. The van der Waals surface area contributed by atoms with Crippen LogP contribution in [0.1, 0.15) is 38.9 Å². The SMILES string of the molecule is CCSc1nc(CC(=O)Nc2ccnn2[C@H](C)CC)cs1. The van der Waals surface area contributed by atoms with Crippen LogP contribution in [0.5, 0.6) is 0 Å². The van der Waals surface area contributed by atoms with E-state index in [4.69, 9.17) is 0 Å². The number of nitrogens with zero attached hydrogens (tertiary/aromatic N) is 3. The Labute approximate surface area is 133 Å². The Morgan fingerprint density at radius 2 is 2.33 bits per heavy atom. The zero-order valence-corrected chi connectivity index (χ0v) is 14.1. The normalized spacial score (nSPS) is 12.3. The molecule has 0 aliphatic rings. The molecule has 2 heterocycles. The van der Waals surface area contributed by atoms with E-state index in [1.165, 1.54) is 0 Å². The van der Waals surface area contributed by atoms with Crippen LogP contribution in [0.4, 0.5) is 5.82 Å². The number of hydrogen-bond acceptors (Lipinski definition) is 5. The Hall–Kier alpha value is -1.34. The van der Waals surface area contributed by atoms with Gasteiger partial charge in [-0.15, -0.1) is 11.3 Å². The van der Waals surface area contributed by atoms with Gasteiger partial charge in [0.1, 0.15) is 10.2 Å². The van der Waals surface area contributed by atoms with Crippen LogP contribution in [0.2, 0.25) is 0 Å². The second-order valence-corrected chi connectivity index (χ2v) is 7.05. The maximum atomic E-state index is 12.1. The van der Waals surface area contributed by atoms with E-state index in [-0.39, 0.29) is 11.9 Å². The summed E-state index contributed by atoms with van der Waals surface area (Å²) in [6, 6.07) is 2.09. The lowest BCUT2D eigenvalue weighted by Crippen LogP contribution is -2.19. The van der Waals surface area contributed by atoms with E-state index in [9.17, 15) is 4.79 Å². The van der Waals surface area contributed by atoms with Crippen molar-refractivity contribution in [3.8, 4) is 0 Å². The van der Waals surface area contributed by atoms with Crippen molar-refractivity contribution < 1.29 is 4.79 Å². The van der Waals surface area contributed by atoms with E-state index in [2.05, 4.69) is 36.2 Å². The molecule has 0 unspecified atom stereocenters. The number of amides is 1. The number of carbonyl (C=O) groups is 1. The highest BCUT2D eigenvalue weighted by Gasteiger charge is 2.13. The molecule has 7 heteroatoms. The van der Waals surface area contributed by atoms with Crippen LogP contribution in [0, 0.1) is 0 Å². The summed E-state index contributed by atoms with van der Waals surface area (Å²) in [4.78, 5) is 16.6. The highest BCUT2D eigenvalue weighted by Crippen LogP contribution is 2.22. The third kappa shape index (κ3) is 4.31. The topological polar surface area (TPSA) is 59.8 Å². The Bertz CT molecular complexity index is 593. The summed E-state index contributed by atoms with van der Waals surface area (Å²) in [7, 11) is 0. The number of hydrogen-bond donors (Lipinski definition) is 1. The number of thioether (sulfide) groups is 1. The second-order valence-electron chi connectivity index (χ2n) is 4.68. The van der Waals surface area contributed by atoms with E-state index < -0.39 is 0 Å². The lowest BCUT2D eigenvalue weighted by molar-refractivity contribution is -0.115. The molecular weight excluding hydrogens is 304 g/mol. The molecule has 1 atom stereocenters. The van der Waals surface area contributed by atoms with Crippen molar-refractivity contribution in [3.05, 3.63) is 23.3 Å². The van der Waals surface area contributed by atoms with Gasteiger partial charge in [-0.2, -0.15) is 5.10 Å². The van der Waals surface area contributed by atoms with Crippen LogP contribution in [-0.4, -0.2) is 26.4 Å². The van der Waals surface area contributed by atoms with Crippen molar-refractivity contribution in [2.45, 2.75) is 44.0 Å². The molecule has 114 valence electrons. The standard InChI is InChI=1S/C14H20N4OS2/c1-4-10(3)18-12(6-7-15-18)17-13(19)8-11-9-21-14(16-11)20-5-2/h6-7,9-10H,4-5,8H2,1-3H3,(H,17,19)/t10-/m1/s1. The molecule has 0 aliphatic carbocycles. The van der Waals surface area contributed by atoms with Crippen LogP contribution >= 0.6 is 23.1 Å². The van der Waals surface area contributed by atoms with Crippen molar-refractivity contribution in [1.82, 2.24) is 14.8 Å². The molecule has 0 bridgehead atoms. The van der Waals surface area contributed by atoms with Crippen molar-refractivity contribution in [2.24, 2.45) is 0 Å². The quantitative estimate of drug-likeness (QED) is 0.791. The summed E-state index contributed by atoms with van der Waals surface area (Å²) >= 11 is 3.29. The average molecular weight is 324 g/mol. The van der Waals surface area contributed by atoms with Crippen LogP contribution in [-0.2, 0) is 11.2 Å². The van der Waals surface area contributed by atoms with Crippen molar-refractivity contribution in [3.63, 3.8) is 0 Å². The van der Waals surface area contributed by atoms with Crippen molar-refractivity contribution in [1.29, 1.82) is 0 Å². The molecule has 0 fully saturated rings. The summed E-state index contributed by atoms with van der Waals surface area (Å²) < 4.78 is 2.86. The first-order chi connectivity index (χ1) is 10.1. The Morgan fingerprint density at radius 3 is 3.05 bits per heavy atom. The van der Waals surface area contributed by atoms with Gasteiger partial charge >= 0.3 is 0 Å². The molecule has 0 saturated carbocycles. The molecular formula is C14H20N4OS2. The van der Waals surface area contributed by atoms with Gasteiger partial charge in [-0.25, -0.2) is 9.67 Å². The fraction of sp³-hybridized carbons (Fsp3) is 0.500. The summed E-state index contributed by atoms with van der Waals surface area (Å²) in [6.45, 7) is 6.27. The van der Waals surface area contributed by atoms with E-state index in [0.29, 0.717) is 6.42 Å². The van der Waals surface area contributed by atoms with Gasteiger partial charge in [0.2, 0.25) is 5.91 Å². The molecule has 5 nitrogen and oxygen atoms in total. The van der Waals surface area contributed by atoms with Gasteiger partial charge in [-0.05, 0) is 19.1 Å². The minimum atomic E-state index is -0.0570. The second kappa shape index (κ2) is 7.61. The monoisotopic (exact) mass is 324 g/mol. The first-order valence-corrected chi connectivity index (χ1v) is 8.91. The smallest absolute Gasteiger partial charge is 0.231 e. The van der Waals surface area contributed by atoms with Gasteiger partial charge in [-0.1, -0.05) is 25.6 Å². The first kappa shape index (κ1) is 16.0. The molecule has 0 saturated heterocycles. The van der Waals surface area contributed by atoms with Crippen LogP contribution < -0.4 is 5.32 Å². The Morgan fingerprint density at radius 1 is 1.52 bits per heavy atom. The zero-order chi connectivity index (χ0) is 15.2. The maximum Gasteiger partial charge on any atom is 0.231 e. The first-order valence-electron chi connectivity index (χ1n) is 7.04. The molecule has 21 heavy (non-hydrogen) atoms. The summed E-state index contributed by atoms with van der Waals surface area (Å²) in [5.74, 6) is 1.68. The van der Waals surface area contributed by atoms with Gasteiger partial charge in [0.05, 0.1) is 24.4 Å². The molecule has 0 aliphatic heterocycles. The third-order valence-electron chi connectivity index (χ3n) is 3.09. The Balaban J connectivity index is 1.96. The largest absolute Gasteiger partial charge is 0.311 e. The summed E-state index contributed by atoms with van der Waals surface area (Å²) in [5, 5.41) is 9.12. The molecule has 1 amide bonds.